The molecule has 1 saturated heterocycles. The topological polar surface area (TPSA) is 83.1 Å². The van der Waals surface area contributed by atoms with Crippen LogP contribution in [0.1, 0.15) is 18.1 Å². The first-order valence-electron chi connectivity index (χ1n) is 7.29. The molecule has 4 N–H and O–H groups in total. The molecule has 0 aliphatic carbocycles. The molecule has 0 radical (unpaired) electrons. The maximum Gasteiger partial charge on any atom is 0.170 e. The molecule has 1 aromatic carbocycles. The van der Waals surface area contributed by atoms with E-state index < -0.39 is 0 Å². The highest BCUT2D eigenvalue weighted by Crippen LogP contribution is 2.05. The summed E-state index contributed by atoms with van der Waals surface area (Å²) in [5, 5.41) is 15.1. The van der Waals surface area contributed by atoms with E-state index in [2.05, 4.69) is 22.3 Å². The zero-order valence-corrected chi connectivity index (χ0v) is 12.5. The van der Waals surface area contributed by atoms with Gasteiger partial charge in [-0.3, -0.25) is 4.90 Å². The Hall–Kier alpha value is -1.63. The second-order valence-electron chi connectivity index (χ2n) is 5.38. The van der Waals surface area contributed by atoms with Crippen molar-refractivity contribution in [3.05, 3.63) is 35.4 Å². The van der Waals surface area contributed by atoms with Crippen molar-refractivity contribution in [2.24, 2.45) is 10.9 Å². The largest absolute Gasteiger partial charge is 0.409 e. The molecule has 0 aromatic heterocycles. The average Bonchev–Trinajstić information content (AvgIpc) is 2.53. The highest BCUT2D eigenvalue weighted by Gasteiger charge is 2.13. The van der Waals surface area contributed by atoms with Crippen molar-refractivity contribution in [1.29, 1.82) is 0 Å². The number of nitrogens with one attached hydrogen (secondary N) is 1. The molecule has 1 aromatic rings. The van der Waals surface area contributed by atoms with E-state index in [1.807, 2.05) is 24.3 Å². The number of oxime groups is 1. The molecule has 6 nitrogen and oxygen atoms in total. The Bertz CT molecular complexity index is 455. The first-order valence-corrected chi connectivity index (χ1v) is 7.29. The second-order valence-corrected chi connectivity index (χ2v) is 5.38. The van der Waals surface area contributed by atoms with Gasteiger partial charge in [0.25, 0.3) is 0 Å². The number of morpholine rings is 1. The molecule has 21 heavy (non-hydrogen) atoms. The van der Waals surface area contributed by atoms with Gasteiger partial charge < -0.3 is 21.0 Å². The van der Waals surface area contributed by atoms with E-state index in [0.29, 0.717) is 6.04 Å². The molecule has 1 fully saturated rings. The second kappa shape index (κ2) is 7.97. The number of hydrogen-bond donors (Lipinski definition) is 3. The highest BCUT2D eigenvalue weighted by atomic mass is 16.5. The minimum absolute atomic E-state index is 0.134. The summed E-state index contributed by atoms with van der Waals surface area (Å²) in [5.74, 6) is 0.134. The van der Waals surface area contributed by atoms with Crippen molar-refractivity contribution in [3.63, 3.8) is 0 Å². The lowest BCUT2D eigenvalue weighted by Gasteiger charge is -2.29. The third kappa shape index (κ3) is 5.00. The zero-order chi connectivity index (χ0) is 15.1. The van der Waals surface area contributed by atoms with E-state index in [9.17, 15) is 0 Å². The van der Waals surface area contributed by atoms with Crippen LogP contribution in [0, 0.1) is 0 Å². The van der Waals surface area contributed by atoms with Gasteiger partial charge in [-0.25, -0.2) is 0 Å². The van der Waals surface area contributed by atoms with Gasteiger partial charge in [0.15, 0.2) is 5.84 Å². The van der Waals surface area contributed by atoms with Crippen molar-refractivity contribution in [2.75, 3.05) is 32.8 Å². The van der Waals surface area contributed by atoms with Gasteiger partial charge in [-0.05, 0) is 12.5 Å². The van der Waals surface area contributed by atoms with Crippen LogP contribution in [0.25, 0.3) is 0 Å². The summed E-state index contributed by atoms with van der Waals surface area (Å²) in [5.41, 5.74) is 7.44. The summed E-state index contributed by atoms with van der Waals surface area (Å²) in [6.45, 7) is 7.73. The molecule has 1 unspecified atom stereocenters. The van der Waals surface area contributed by atoms with Gasteiger partial charge in [-0.1, -0.05) is 29.4 Å². The maximum atomic E-state index is 8.63. The molecule has 116 valence electrons. The molecule has 0 saturated carbocycles. The Morgan fingerprint density at radius 1 is 1.38 bits per heavy atom. The van der Waals surface area contributed by atoms with Crippen LogP contribution in [0.2, 0.25) is 0 Å². The Morgan fingerprint density at radius 3 is 2.67 bits per heavy atom. The Morgan fingerprint density at radius 2 is 2.05 bits per heavy atom. The average molecular weight is 292 g/mol. The molecular formula is C15H24N4O2. The molecule has 1 heterocycles. The summed E-state index contributed by atoms with van der Waals surface area (Å²) in [6.07, 6.45) is 0. The van der Waals surface area contributed by atoms with Crippen molar-refractivity contribution in [2.45, 2.75) is 19.5 Å². The first-order chi connectivity index (χ1) is 10.2. The lowest BCUT2D eigenvalue weighted by atomic mass is 10.1. The first kappa shape index (κ1) is 15.8. The fourth-order valence-electron chi connectivity index (χ4n) is 2.38. The van der Waals surface area contributed by atoms with E-state index in [0.717, 1.165) is 45.0 Å². The molecule has 1 aliphatic heterocycles. The monoisotopic (exact) mass is 292 g/mol. The lowest BCUT2D eigenvalue weighted by Crippen LogP contribution is -2.44. The third-order valence-electron chi connectivity index (χ3n) is 3.65. The Labute approximate surface area is 125 Å². The predicted molar refractivity (Wildman–Crippen MR) is 82.5 cm³/mol. The molecule has 6 heteroatoms. The smallest absolute Gasteiger partial charge is 0.170 e. The van der Waals surface area contributed by atoms with Gasteiger partial charge in [-0.15, -0.1) is 0 Å². The normalized spacial score (nSPS) is 18.6. The van der Waals surface area contributed by atoms with Gasteiger partial charge in [0.05, 0.1) is 13.2 Å². The number of hydrogen-bond acceptors (Lipinski definition) is 5. The minimum Gasteiger partial charge on any atom is -0.409 e. The minimum atomic E-state index is 0.134. The van der Waals surface area contributed by atoms with Crippen LogP contribution in [-0.2, 0) is 11.3 Å². The Balaban J connectivity index is 1.76. The number of nitrogens with two attached hydrogens (primary N) is 1. The fraction of sp³-hybridized carbons (Fsp3) is 0.533. The highest BCUT2D eigenvalue weighted by molar-refractivity contribution is 5.96. The van der Waals surface area contributed by atoms with Gasteiger partial charge in [0.2, 0.25) is 0 Å². The van der Waals surface area contributed by atoms with Crippen LogP contribution in [-0.4, -0.2) is 54.8 Å². The standard InChI is InChI=1S/C15H24N4O2/c1-12(11-19-6-8-21-9-7-19)17-10-13-2-4-14(5-3-13)15(16)18-20/h2-5,12,17,20H,6-11H2,1H3,(H2,16,18). The van der Waals surface area contributed by atoms with E-state index in [1.165, 1.54) is 5.56 Å². The van der Waals surface area contributed by atoms with Crippen LogP contribution < -0.4 is 11.1 Å². The summed E-state index contributed by atoms with van der Waals surface area (Å²) in [4.78, 5) is 2.42. The van der Waals surface area contributed by atoms with Crippen LogP contribution >= 0.6 is 0 Å². The van der Waals surface area contributed by atoms with Crippen molar-refractivity contribution in [3.8, 4) is 0 Å². The molecule has 1 aliphatic rings. The van der Waals surface area contributed by atoms with E-state index in [4.69, 9.17) is 15.7 Å². The maximum absolute atomic E-state index is 8.63. The fourth-order valence-corrected chi connectivity index (χ4v) is 2.38. The number of nitrogens with zero attached hydrogens (tertiary/aromatic N) is 2. The number of rotatable bonds is 6. The summed E-state index contributed by atoms with van der Waals surface area (Å²) in [7, 11) is 0. The van der Waals surface area contributed by atoms with Crippen LogP contribution in [0.4, 0.5) is 0 Å². The van der Waals surface area contributed by atoms with E-state index >= 15 is 0 Å². The van der Waals surface area contributed by atoms with Crippen molar-refractivity contribution < 1.29 is 9.94 Å². The van der Waals surface area contributed by atoms with Gasteiger partial charge in [0, 0.05) is 37.8 Å². The third-order valence-corrected chi connectivity index (χ3v) is 3.65. The number of benzene rings is 1. The van der Waals surface area contributed by atoms with Gasteiger partial charge in [-0.2, -0.15) is 0 Å². The predicted octanol–water partition coefficient (Wildman–Crippen LogP) is 0.591. The lowest BCUT2D eigenvalue weighted by molar-refractivity contribution is 0.0343. The number of amidine groups is 1. The van der Waals surface area contributed by atoms with Crippen LogP contribution in [0.3, 0.4) is 0 Å². The quantitative estimate of drug-likeness (QED) is 0.309. The zero-order valence-electron chi connectivity index (χ0n) is 12.5. The number of ether oxygens (including phenoxy) is 1. The van der Waals surface area contributed by atoms with Gasteiger partial charge in [0.1, 0.15) is 0 Å². The van der Waals surface area contributed by atoms with Crippen molar-refractivity contribution >= 4 is 5.84 Å². The summed E-state index contributed by atoms with van der Waals surface area (Å²) < 4.78 is 5.35. The van der Waals surface area contributed by atoms with E-state index in [-0.39, 0.29) is 5.84 Å². The molecule has 0 amide bonds. The van der Waals surface area contributed by atoms with Gasteiger partial charge >= 0.3 is 0 Å². The SMILES string of the molecule is CC(CN1CCOCC1)NCc1ccc(C(N)=NO)cc1. The molecule has 2 rings (SSSR count). The summed E-state index contributed by atoms with van der Waals surface area (Å²) in [6, 6.07) is 8.12. The molecule has 0 spiro atoms. The van der Waals surface area contributed by atoms with Crippen LogP contribution in [0.5, 0.6) is 0 Å². The molecule has 0 bridgehead atoms. The molecular weight excluding hydrogens is 268 g/mol. The van der Waals surface area contributed by atoms with E-state index in [1.54, 1.807) is 0 Å². The Kier molecular flexibility index (Phi) is 5.98. The van der Waals surface area contributed by atoms with Crippen molar-refractivity contribution in [1.82, 2.24) is 10.2 Å². The summed E-state index contributed by atoms with van der Waals surface area (Å²) >= 11 is 0. The van der Waals surface area contributed by atoms with Crippen LogP contribution in [0.15, 0.2) is 29.4 Å². The molecule has 1 atom stereocenters.